The number of aliphatic hydroxyl groups excluding tert-OH is 1. The molecule has 3 rings (SSSR count). The monoisotopic (exact) mass is 366 g/mol. The molecule has 0 aromatic heterocycles. The molecule has 1 heterocycles. The van der Waals surface area contributed by atoms with E-state index < -0.39 is 21.4 Å². The van der Waals surface area contributed by atoms with E-state index in [2.05, 4.69) is 24.0 Å². The van der Waals surface area contributed by atoms with Gasteiger partial charge in [-0.1, -0.05) is 31.2 Å². The second kappa shape index (κ2) is 6.65. The van der Waals surface area contributed by atoms with Gasteiger partial charge >= 0.3 is 0 Å². The standard InChI is InChI=1S/C19H30N2O3S/c1-5-20(4)17-15-8-6-7-9-16(15)19(18(17)22)10-12-21(13-11-19)25(23,24)14(2)3/h6-9,14,17-18,22H,5,10-13H2,1-4H3/t17-,18+/m1/s1. The molecule has 0 amide bonds. The molecule has 5 nitrogen and oxygen atoms in total. The maximum atomic E-state index is 12.5. The molecular formula is C19H30N2O3S. The first-order valence-corrected chi connectivity index (χ1v) is 10.7. The summed E-state index contributed by atoms with van der Waals surface area (Å²) >= 11 is 0. The van der Waals surface area contributed by atoms with Crippen LogP contribution in [0.4, 0.5) is 0 Å². The molecule has 25 heavy (non-hydrogen) atoms. The van der Waals surface area contributed by atoms with Gasteiger partial charge in [0, 0.05) is 18.5 Å². The first-order valence-electron chi connectivity index (χ1n) is 9.22. The number of sulfonamides is 1. The second-order valence-electron chi connectivity index (χ2n) is 7.70. The van der Waals surface area contributed by atoms with Crippen molar-refractivity contribution in [3.63, 3.8) is 0 Å². The number of piperidine rings is 1. The molecule has 1 aliphatic carbocycles. The van der Waals surface area contributed by atoms with Crippen molar-refractivity contribution in [2.75, 3.05) is 26.7 Å². The largest absolute Gasteiger partial charge is 0.390 e. The number of benzene rings is 1. The third-order valence-corrected chi connectivity index (χ3v) is 8.50. The molecule has 0 unspecified atom stereocenters. The molecule has 1 spiro atoms. The molecular weight excluding hydrogens is 336 g/mol. The van der Waals surface area contributed by atoms with Crippen LogP contribution in [-0.2, 0) is 15.4 Å². The minimum Gasteiger partial charge on any atom is -0.390 e. The highest BCUT2D eigenvalue weighted by atomic mass is 32.2. The van der Waals surface area contributed by atoms with E-state index in [0.29, 0.717) is 25.9 Å². The van der Waals surface area contributed by atoms with E-state index >= 15 is 0 Å². The van der Waals surface area contributed by atoms with Gasteiger partial charge in [-0.3, -0.25) is 4.90 Å². The molecule has 0 bridgehead atoms. The second-order valence-corrected chi connectivity index (χ2v) is 10.2. The lowest BCUT2D eigenvalue weighted by Crippen LogP contribution is -2.51. The maximum absolute atomic E-state index is 12.5. The molecule has 140 valence electrons. The molecule has 1 aliphatic heterocycles. The molecule has 1 aromatic carbocycles. The lowest BCUT2D eigenvalue weighted by Gasteiger charge is -2.43. The number of likely N-dealkylation sites (N-methyl/N-ethyl adjacent to an activating group) is 1. The fourth-order valence-electron chi connectivity index (χ4n) is 4.52. The Kier molecular flexibility index (Phi) is 5.01. The van der Waals surface area contributed by atoms with Crippen LogP contribution in [0.15, 0.2) is 24.3 Å². The van der Waals surface area contributed by atoms with Crippen molar-refractivity contribution in [2.45, 2.75) is 56.4 Å². The Morgan fingerprint density at radius 1 is 1.28 bits per heavy atom. The fraction of sp³-hybridized carbons (Fsp3) is 0.684. The van der Waals surface area contributed by atoms with Crippen LogP contribution >= 0.6 is 0 Å². The number of hydrogen-bond acceptors (Lipinski definition) is 4. The normalized spacial score (nSPS) is 26.5. The molecule has 1 N–H and O–H groups in total. The SMILES string of the molecule is CCN(C)[C@@H]1c2ccccc2C2(CCN(S(=O)(=O)C(C)C)CC2)[C@H]1O. The number of hydrogen-bond donors (Lipinski definition) is 1. The van der Waals surface area contributed by atoms with Gasteiger partial charge < -0.3 is 5.11 Å². The van der Waals surface area contributed by atoms with E-state index in [9.17, 15) is 13.5 Å². The van der Waals surface area contributed by atoms with Crippen molar-refractivity contribution in [2.24, 2.45) is 0 Å². The molecule has 1 aromatic rings. The topological polar surface area (TPSA) is 60.9 Å². The summed E-state index contributed by atoms with van der Waals surface area (Å²) in [5, 5.41) is 10.9. The average Bonchev–Trinajstić information content (AvgIpc) is 2.84. The fourth-order valence-corrected chi connectivity index (χ4v) is 5.81. The number of nitrogens with zero attached hydrogens (tertiary/aromatic N) is 2. The molecule has 0 saturated carbocycles. The van der Waals surface area contributed by atoms with Gasteiger partial charge in [-0.05, 0) is 51.4 Å². The maximum Gasteiger partial charge on any atom is 0.216 e. The van der Waals surface area contributed by atoms with Gasteiger partial charge in [0.25, 0.3) is 0 Å². The van der Waals surface area contributed by atoms with Crippen LogP contribution in [0.3, 0.4) is 0 Å². The Bertz CT molecular complexity index is 724. The zero-order valence-corrected chi connectivity index (χ0v) is 16.5. The zero-order valence-electron chi connectivity index (χ0n) is 15.6. The highest BCUT2D eigenvalue weighted by Gasteiger charge is 2.54. The smallest absolute Gasteiger partial charge is 0.216 e. The Hall–Kier alpha value is -0.950. The summed E-state index contributed by atoms with van der Waals surface area (Å²) in [4.78, 5) is 2.19. The van der Waals surface area contributed by atoms with Gasteiger partial charge in [-0.15, -0.1) is 0 Å². The van der Waals surface area contributed by atoms with E-state index in [1.54, 1.807) is 18.2 Å². The van der Waals surface area contributed by atoms with Gasteiger partial charge in [0.15, 0.2) is 0 Å². The number of rotatable bonds is 4. The van der Waals surface area contributed by atoms with Crippen molar-refractivity contribution in [3.05, 3.63) is 35.4 Å². The van der Waals surface area contributed by atoms with Crippen LogP contribution in [0.25, 0.3) is 0 Å². The first kappa shape index (κ1) is 18.8. The molecule has 0 radical (unpaired) electrons. The van der Waals surface area contributed by atoms with E-state index in [1.807, 2.05) is 19.2 Å². The Morgan fingerprint density at radius 3 is 2.44 bits per heavy atom. The lowest BCUT2D eigenvalue weighted by molar-refractivity contribution is 0.00100. The van der Waals surface area contributed by atoms with Crippen LogP contribution in [0.5, 0.6) is 0 Å². The predicted octanol–water partition coefficient (Wildman–Crippen LogP) is 2.13. The minimum atomic E-state index is -3.23. The van der Waals surface area contributed by atoms with Gasteiger partial charge in [-0.25, -0.2) is 12.7 Å². The van der Waals surface area contributed by atoms with Crippen molar-refractivity contribution in [1.29, 1.82) is 0 Å². The number of fused-ring (bicyclic) bond motifs is 2. The predicted molar refractivity (Wildman–Crippen MR) is 100 cm³/mol. The third-order valence-electron chi connectivity index (χ3n) is 6.22. The minimum absolute atomic E-state index is 0.0190. The van der Waals surface area contributed by atoms with E-state index in [1.165, 1.54) is 11.1 Å². The van der Waals surface area contributed by atoms with Crippen LogP contribution in [0.1, 0.15) is 50.8 Å². The molecule has 2 atom stereocenters. The first-order chi connectivity index (χ1) is 11.8. The van der Waals surface area contributed by atoms with Crippen molar-refractivity contribution < 1.29 is 13.5 Å². The Labute approximate surface area is 151 Å². The van der Waals surface area contributed by atoms with E-state index in [-0.39, 0.29) is 11.5 Å². The Morgan fingerprint density at radius 2 is 1.88 bits per heavy atom. The van der Waals surface area contributed by atoms with Gasteiger partial charge in [0.05, 0.1) is 17.4 Å². The zero-order chi connectivity index (χ0) is 18.4. The van der Waals surface area contributed by atoms with Crippen molar-refractivity contribution in [3.8, 4) is 0 Å². The van der Waals surface area contributed by atoms with Crippen molar-refractivity contribution in [1.82, 2.24) is 9.21 Å². The third kappa shape index (κ3) is 2.83. The summed E-state index contributed by atoms with van der Waals surface area (Å²) in [6.45, 7) is 7.37. The van der Waals surface area contributed by atoms with E-state index in [0.717, 1.165) is 6.54 Å². The highest BCUT2D eigenvalue weighted by molar-refractivity contribution is 7.89. The van der Waals surface area contributed by atoms with Crippen LogP contribution in [0, 0.1) is 0 Å². The van der Waals surface area contributed by atoms with Crippen LogP contribution in [-0.4, -0.2) is 60.8 Å². The summed E-state index contributed by atoms with van der Waals surface area (Å²) in [6.07, 6.45) is 0.842. The highest BCUT2D eigenvalue weighted by Crippen LogP contribution is 2.52. The van der Waals surface area contributed by atoms with Gasteiger partial charge in [-0.2, -0.15) is 0 Å². The quantitative estimate of drug-likeness (QED) is 0.887. The summed E-state index contributed by atoms with van der Waals surface area (Å²) < 4.78 is 26.6. The van der Waals surface area contributed by atoms with Gasteiger partial charge in [0.2, 0.25) is 10.0 Å². The summed E-state index contributed by atoms with van der Waals surface area (Å²) in [5.74, 6) is 0. The van der Waals surface area contributed by atoms with Crippen molar-refractivity contribution >= 4 is 10.0 Å². The molecule has 1 saturated heterocycles. The summed E-state index contributed by atoms with van der Waals surface area (Å²) in [6, 6.07) is 8.27. The molecule has 1 fully saturated rings. The molecule has 6 heteroatoms. The van der Waals surface area contributed by atoms with Crippen LogP contribution in [0.2, 0.25) is 0 Å². The molecule has 2 aliphatic rings. The summed E-state index contributed by atoms with van der Waals surface area (Å²) in [5.41, 5.74) is 2.06. The number of aliphatic hydroxyl groups is 1. The Balaban J connectivity index is 1.93. The average molecular weight is 367 g/mol. The lowest BCUT2D eigenvalue weighted by atomic mass is 9.72. The van der Waals surface area contributed by atoms with Crippen LogP contribution < -0.4 is 0 Å². The van der Waals surface area contributed by atoms with E-state index in [4.69, 9.17) is 0 Å². The summed E-state index contributed by atoms with van der Waals surface area (Å²) in [7, 11) is -1.19. The van der Waals surface area contributed by atoms with Gasteiger partial charge in [0.1, 0.15) is 0 Å².